The van der Waals surface area contributed by atoms with Crippen LogP contribution in [0.25, 0.3) is 0 Å². The molecule has 1 unspecified atom stereocenters. The highest BCUT2D eigenvalue weighted by atomic mass is 79.9. The van der Waals surface area contributed by atoms with Crippen LogP contribution in [0.5, 0.6) is 5.75 Å². The molecule has 0 saturated heterocycles. The lowest BCUT2D eigenvalue weighted by atomic mass is 10.0. The number of benzene rings is 2. The molecular formula is C16H14BrF3O. The third-order valence-corrected chi connectivity index (χ3v) is 3.99. The van der Waals surface area contributed by atoms with Crippen LogP contribution in [0.4, 0.5) is 13.2 Å². The third-order valence-electron chi connectivity index (χ3n) is 3.14. The summed E-state index contributed by atoms with van der Waals surface area (Å²) < 4.78 is 40.2. The molecule has 0 amide bonds. The summed E-state index contributed by atoms with van der Waals surface area (Å²) in [5.41, 5.74) is 3.31. The smallest absolute Gasteiger partial charge is 0.406 e. The summed E-state index contributed by atoms with van der Waals surface area (Å²) in [6.45, 7) is 2.04. The average molecular weight is 359 g/mol. The molecule has 0 heterocycles. The lowest BCUT2D eigenvalue weighted by Crippen LogP contribution is -2.17. The number of halogens is 4. The molecule has 2 rings (SSSR count). The molecule has 21 heavy (non-hydrogen) atoms. The molecule has 0 aliphatic carbocycles. The Hall–Kier alpha value is -1.49. The topological polar surface area (TPSA) is 9.23 Å². The van der Waals surface area contributed by atoms with Gasteiger partial charge in [0.15, 0.2) is 0 Å². The Bertz CT molecular complexity index is 593. The van der Waals surface area contributed by atoms with Gasteiger partial charge in [-0.05, 0) is 42.2 Å². The maximum absolute atomic E-state index is 12.1. The SMILES string of the molecule is Cc1ccccc1CC(Br)c1ccc(OC(F)(F)F)cc1. The van der Waals surface area contributed by atoms with Crippen LogP contribution in [-0.4, -0.2) is 6.36 Å². The molecule has 0 spiro atoms. The predicted molar refractivity (Wildman–Crippen MR) is 79.7 cm³/mol. The number of ether oxygens (including phenoxy) is 1. The summed E-state index contributed by atoms with van der Waals surface area (Å²) in [6, 6.07) is 14.0. The molecule has 0 aromatic heterocycles. The van der Waals surface area contributed by atoms with E-state index < -0.39 is 6.36 Å². The Morgan fingerprint density at radius 3 is 2.24 bits per heavy atom. The molecule has 0 bridgehead atoms. The van der Waals surface area contributed by atoms with Crippen molar-refractivity contribution >= 4 is 15.9 Å². The van der Waals surface area contributed by atoms with Crippen LogP contribution in [0.1, 0.15) is 21.5 Å². The Morgan fingerprint density at radius 1 is 1.05 bits per heavy atom. The second-order valence-electron chi connectivity index (χ2n) is 4.71. The van der Waals surface area contributed by atoms with E-state index in [1.165, 1.54) is 23.3 Å². The van der Waals surface area contributed by atoms with E-state index in [0.29, 0.717) is 0 Å². The molecule has 0 saturated carbocycles. The molecule has 5 heteroatoms. The van der Waals surface area contributed by atoms with Gasteiger partial charge < -0.3 is 4.74 Å². The zero-order valence-electron chi connectivity index (χ0n) is 11.3. The van der Waals surface area contributed by atoms with Crippen LogP contribution in [0, 0.1) is 6.92 Å². The van der Waals surface area contributed by atoms with Gasteiger partial charge in [0, 0.05) is 4.83 Å². The van der Waals surface area contributed by atoms with Gasteiger partial charge in [0.25, 0.3) is 0 Å². The van der Waals surface area contributed by atoms with Crippen molar-refractivity contribution in [1.29, 1.82) is 0 Å². The normalized spacial score (nSPS) is 13.0. The first-order valence-electron chi connectivity index (χ1n) is 6.39. The number of alkyl halides is 4. The second-order valence-corrected chi connectivity index (χ2v) is 5.82. The van der Waals surface area contributed by atoms with Crippen LogP contribution in [-0.2, 0) is 6.42 Å². The van der Waals surface area contributed by atoms with Gasteiger partial charge in [-0.2, -0.15) is 0 Å². The van der Waals surface area contributed by atoms with Crippen LogP contribution in [0.2, 0.25) is 0 Å². The lowest BCUT2D eigenvalue weighted by Gasteiger charge is -2.14. The highest BCUT2D eigenvalue weighted by molar-refractivity contribution is 9.09. The molecule has 2 aromatic rings. The monoisotopic (exact) mass is 358 g/mol. The van der Waals surface area contributed by atoms with E-state index in [0.717, 1.165) is 12.0 Å². The predicted octanol–water partition coefficient (Wildman–Crippen LogP) is 5.57. The number of rotatable bonds is 4. The van der Waals surface area contributed by atoms with E-state index in [2.05, 4.69) is 20.7 Å². The first-order valence-corrected chi connectivity index (χ1v) is 7.31. The van der Waals surface area contributed by atoms with Gasteiger partial charge in [0.05, 0.1) is 0 Å². The fourth-order valence-corrected chi connectivity index (χ4v) is 2.68. The molecule has 112 valence electrons. The zero-order chi connectivity index (χ0) is 15.5. The average Bonchev–Trinajstić information content (AvgIpc) is 2.40. The molecule has 1 nitrogen and oxygen atoms in total. The summed E-state index contributed by atoms with van der Waals surface area (Å²) in [7, 11) is 0. The summed E-state index contributed by atoms with van der Waals surface area (Å²) in [4.78, 5) is 0.0403. The van der Waals surface area contributed by atoms with Gasteiger partial charge in [0.2, 0.25) is 0 Å². The van der Waals surface area contributed by atoms with Crippen LogP contribution >= 0.6 is 15.9 Å². The highest BCUT2D eigenvalue weighted by Crippen LogP contribution is 2.30. The minimum atomic E-state index is -4.66. The van der Waals surface area contributed by atoms with Crippen molar-refractivity contribution in [1.82, 2.24) is 0 Å². The van der Waals surface area contributed by atoms with E-state index in [1.54, 1.807) is 12.1 Å². The largest absolute Gasteiger partial charge is 0.573 e. The Balaban J connectivity index is 2.06. The summed E-state index contributed by atoms with van der Waals surface area (Å²) in [6.07, 6.45) is -3.89. The minimum absolute atomic E-state index is 0.0403. The first-order chi connectivity index (χ1) is 9.85. The van der Waals surface area contributed by atoms with E-state index >= 15 is 0 Å². The molecule has 0 aliphatic heterocycles. The van der Waals surface area contributed by atoms with Gasteiger partial charge >= 0.3 is 6.36 Å². The van der Waals surface area contributed by atoms with Crippen molar-refractivity contribution in [2.45, 2.75) is 24.5 Å². The van der Waals surface area contributed by atoms with Crippen molar-refractivity contribution in [2.75, 3.05) is 0 Å². The Kier molecular flexibility index (Phi) is 4.93. The van der Waals surface area contributed by atoms with Crippen molar-refractivity contribution in [2.24, 2.45) is 0 Å². The van der Waals surface area contributed by atoms with Gasteiger partial charge in [0.1, 0.15) is 5.75 Å². The Morgan fingerprint density at radius 2 is 1.67 bits per heavy atom. The lowest BCUT2D eigenvalue weighted by molar-refractivity contribution is -0.274. The Labute approximate surface area is 129 Å². The van der Waals surface area contributed by atoms with Gasteiger partial charge in [-0.3, -0.25) is 0 Å². The molecule has 0 N–H and O–H groups in total. The van der Waals surface area contributed by atoms with E-state index in [1.807, 2.05) is 31.2 Å². The van der Waals surface area contributed by atoms with Crippen molar-refractivity contribution < 1.29 is 17.9 Å². The highest BCUT2D eigenvalue weighted by Gasteiger charge is 2.31. The molecular weight excluding hydrogens is 345 g/mol. The van der Waals surface area contributed by atoms with E-state index in [9.17, 15) is 13.2 Å². The van der Waals surface area contributed by atoms with Crippen molar-refractivity contribution in [3.8, 4) is 5.75 Å². The molecule has 1 atom stereocenters. The third kappa shape index (κ3) is 4.77. The molecule has 0 radical (unpaired) electrons. The van der Waals surface area contributed by atoms with Gasteiger partial charge in [-0.25, -0.2) is 0 Å². The summed E-state index contributed by atoms with van der Waals surface area (Å²) in [5, 5.41) is 0. The quantitative estimate of drug-likeness (QED) is 0.649. The molecule has 2 aromatic carbocycles. The maximum atomic E-state index is 12.1. The van der Waals surface area contributed by atoms with Gasteiger partial charge in [-0.1, -0.05) is 52.3 Å². The van der Waals surface area contributed by atoms with E-state index in [-0.39, 0.29) is 10.6 Å². The van der Waals surface area contributed by atoms with E-state index in [4.69, 9.17) is 0 Å². The van der Waals surface area contributed by atoms with Crippen molar-refractivity contribution in [3.05, 3.63) is 65.2 Å². The fourth-order valence-electron chi connectivity index (χ4n) is 2.03. The molecule has 0 fully saturated rings. The maximum Gasteiger partial charge on any atom is 0.573 e. The number of hydrogen-bond acceptors (Lipinski definition) is 1. The van der Waals surface area contributed by atoms with Gasteiger partial charge in [-0.15, -0.1) is 13.2 Å². The molecule has 0 aliphatic rings. The first kappa shape index (κ1) is 15.9. The summed E-state index contributed by atoms with van der Waals surface area (Å²) >= 11 is 3.58. The number of aryl methyl sites for hydroxylation is 1. The minimum Gasteiger partial charge on any atom is -0.406 e. The number of hydrogen-bond donors (Lipinski definition) is 0. The standard InChI is InChI=1S/C16H14BrF3O/c1-11-4-2-3-5-13(11)10-15(17)12-6-8-14(9-7-12)21-16(18,19)20/h2-9,15H,10H2,1H3. The second kappa shape index (κ2) is 6.52. The van der Waals surface area contributed by atoms with Crippen LogP contribution in [0.15, 0.2) is 48.5 Å². The fraction of sp³-hybridized carbons (Fsp3) is 0.250. The van der Waals surface area contributed by atoms with Crippen molar-refractivity contribution in [3.63, 3.8) is 0 Å². The van der Waals surface area contributed by atoms with Crippen LogP contribution < -0.4 is 4.74 Å². The van der Waals surface area contributed by atoms with Crippen LogP contribution in [0.3, 0.4) is 0 Å². The zero-order valence-corrected chi connectivity index (χ0v) is 12.9. The summed E-state index contributed by atoms with van der Waals surface area (Å²) in [5.74, 6) is -0.207.